The van der Waals surface area contributed by atoms with Crippen molar-refractivity contribution >= 4 is 29.5 Å². The predicted octanol–water partition coefficient (Wildman–Crippen LogP) is 0.382. The Bertz CT molecular complexity index is 484. The number of nitrogens with zero attached hydrogens (tertiary/aromatic N) is 2. The van der Waals surface area contributed by atoms with E-state index in [9.17, 15) is 14.4 Å². The lowest BCUT2D eigenvalue weighted by Gasteiger charge is -2.24. The molecule has 1 aliphatic rings. The lowest BCUT2D eigenvalue weighted by molar-refractivity contribution is -0.142. The summed E-state index contributed by atoms with van der Waals surface area (Å²) in [6.45, 7) is 0.144. The van der Waals surface area contributed by atoms with Crippen molar-refractivity contribution in [2.75, 3.05) is 11.5 Å². The van der Waals surface area contributed by atoms with Gasteiger partial charge in [-0.15, -0.1) is 11.8 Å². The van der Waals surface area contributed by atoms with Crippen molar-refractivity contribution in [2.24, 2.45) is 0 Å². The zero-order chi connectivity index (χ0) is 13.1. The predicted molar refractivity (Wildman–Crippen MR) is 64.1 cm³/mol. The molecular formula is C11H10N2O4S. The minimum atomic E-state index is -1.11. The fourth-order valence-electron chi connectivity index (χ4n) is 1.52. The first-order valence-electron chi connectivity index (χ1n) is 5.17. The van der Waals surface area contributed by atoms with Gasteiger partial charge in [0, 0.05) is 6.20 Å². The molecule has 2 rings (SSSR count). The van der Waals surface area contributed by atoms with E-state index in [2.05, 4.69) is 4.98 Å². The van der Waals surface area contributed by atoms with E-state index in [1.807, 2.05) is 0 Å². The summed E-state index contributed by atoms with van der Waals surface area (Å²) < 4.78 is 0. The number of carbonyl (C=O) groups excluding carboxylic acids is 2. The van der Waals surface area contributed by atoms with Gasteiger partial charge in [0.1, 0.15) is 5.69 Å². The smallest absolute Gasteiger partial charge is 0.354 e. The average molecular weight is 266 g/mol. The largest absolute Gasteiger partial charge is 0.477 e. The Hall–Kier alpha value is -1.89. The molecule has 7 heteroatoms. The third-order valence-electron chi connectivity index (χ3n) is 2.44. The molecule has 94 valence electrons. The second kappa shape index (κ2) is 5.18. The van der Waals surface area contributed by atoms with Crippen LogP contribution in [0.25, 0.3) is 0 Å². The molecule has 0 aliphatic carbocycles. The number of imide groups is 1. The van der Waals surface area contributed by atoms with E-state index in [0.29, 0.717) is 17.1 Å². The van der Waals surface area contributed by atoms with Crippen molar-refractivity contribution in [3.8, 4) is 0 Å². The highest BCUT2D eigenvalue weighted by molar-refractivity contribution is 8.00. The molecule has 18 heavy (non-hydrogen) atoms. The summed E-state index contributed by atoms with van der Waals surface area (Å²) in [5.74, 6) is -0.959. The van der Waals surface area contributed by atoms with Gasteiger partial charge >= 0.3 is 5.97 Å². The van der Waals surface area contributed by atoms with E-state index in [0.717, 1.165) is 0 Å². The number of hydrogen-bond donors (Lipinski definition) is 1. The molecule has 2 heterocycles. The molecule has 2 amide bonds. The van der Waals surface area contributed by atoms with E-state index in [1.165, 1.54) is 28.9 Å². The topological polar surface area (TPSA) is 87.6 Å². The molecule has 1 saturated heterocycles. The van der Waals surface area contributed by atoms with Crippen molar-refractivity contribution in [3.05, 3.63) is 29.6 Å². The lowest BCUT2D eigenvalue weighted by Crippen LogP contribution is -2.42. The van der Waals surface area contributed by atoms with Gasteiger partial charge in [-0.05, 0) is 11.6 Å². The summed E-state index contributed by atoms with van der Waals surface area (Å²) in [5.41, 5.74) is 0.569. The summed E-state index contributed by atoms with van der Waals surface area (Å²) in [6.07, 6.45) is 1.37. The molecule has 6 nitrogen and oxygen atoms in total. The van der Waals surface area contributed by atoms with E-state index in [4.69, 9.17) is 5.11 Å². The normalized spacial score (nSPS) is 15.9. The monoisotopic (exact) mass is 266 g/mol. The fourth-order valence-corrected chi connectivity index (χ4v) is 2.29. The van der Waals surface area contributed by atoms with Gasteiger partial charge in [-0.3, -0.25) is 14.5 Å². The van der Waals surface area contributed by atoms with E-state index >= 15 is 0 Å². The average Bonchev–Trinajstić information content (AvgIpc) is 2.34. The van der Waals surface area contributed by atoms with Gasteiger partial charge in [0.15, 0.2) is 0 Å². The molecule has 0 bridgehead atoms. The van der Waals surface area contributed by atoms with Gasteiger partial charge in [-0.1, -0.05) is 6.07 Å². The standard InChI is InChI=1S/C11H10N2O4S/c14-9-5-18-6-10(15)13(9)4-7-1-2-8(11(16)17)12-3-7/h1-3H,4-6H2,(H,16,17). The Kier molecular flexibility index (Phi) is 3.61. The van der Waals surface area contributed by atoms with Gasteiger partial charge in [-0.2, -0.15) is 0 Å². The van der Waals surface area contributed by atoms with E-state index < -0.39 is 5.97 Å². The maximum atomic E-state index is 11.6. The molecule has 1 aliphatic heterocycles. The van der Waals surface area contributed by atoms with Crippen molar-refractivity contribution in [1.29, 1.82) is 0 Å². The summed E-state index contributed by atoms with van der Waals surface area (Å²) in [6, 6.07) is 2.91. The number of amides is 2. The van der Waals surface area contributed by atoms with Gasteiger partial charge < -0.3 is 5.11 Å². The first-order chi connectivity index (χ1) is 8.58. The highest BCUT2D eigenvalue weighted by atomic mass is 32.2. The van der Waals surface area contributed by atoms with Crippen LogP contribution in [0.1, 0.15) is 16.1 Å². The third-order valence-corrected chi connectivity index (χ3v) is 3.34. The van der Waals surface area contributed by atoms with Crippen LogP contribution in [-0.2, 0) is 16.1 Å². The van der Waals surface area contributed by atoms with Crippen molar-refractivity contribution in [2.45, 2.75) is 6.54 Å². The summed E-state index contributed by atoms with van der Waals surface area (Å²) in [5, 5.41) is 8.70. The molecule has 1 N–H and O–H groups in total. The maximum absolute atomic E-state index is 11.6. The first kappa shape index (κ1) is 12.6. The molecular weight excluding hydrogens is 256 g/mol. The number of carboxylic acid groups (broad SMARTS) is 1. The van der Waals surface area contributed by atoms with Crippen molar-refractivity contribution < 1.29 is 19.5 Å². The molecule has 1 fully saturated rings. The van der Waals surface area contributed by atoms with E-state index in [-0.39, 0.29) is 24.1 Å². The van der Waals surface area contributed by atoms with Crippen LogP contribution in [-0.4, -0.2) is 44.3 Å². The molecule has 1 aromatic heterocycles. The SMILES string of the molecule is O=C(O)c1ccc(CN2C(=O)CSCC2=O)cn1. The number of hydrogen-bond acceptors (Lipinski definition) is 5. The Morgan fingerprint density at radius 3 is 2.50 bits per heavy atom. The minimum absolute atomic E-state index is 0.0643. The summed E-state index contributed by atoms with van der Waals surface area (Å²) >= 11 is 1.30. The number of pyridine rings is 1. The Morgan fingerprint density at radius 2 is 2.00 bits per heavy atom. The quantitative estimate of drug-likeness (QED) is 0.796. The van der Waals surface area contributed by atoms with Crippen LogP contribution in [0.4, 0.5) is 0 Å². The van der Waals surface area contributed by atoms with Crippen LogP contribution >= 0.6 is 11.8 Å². The van der Waals surface area contributed by atoms with Crippen LogP contribution in [0, 0.1) is 0 Å². The highest BCUT2D eigenvalue weighted by Crippen LogP contribution is 2.15. The maximum Gasteiger partial charge on any atom is 0.354 e. The zero-order valence-electron chi connectivity index (χ0n) is 9.33. The van der Waals surface area contributed by atoms with Crippen molar-refractivity contribution in [3.63, 3.8) is 0 Å². The Balaban J connectivity index is 2.11. The Labute approximate surface area is 107 Å². The number of carbonyl (C=O) groups is 3. The lowest BCUT2D eigenvalue weighted by atomic mass is 10.2. The molecule has 0 unspecified atom stereocenters. The second-order valence-corrected chi connectivity index (χ2v) is 4.71. The highest BCUT2D eigenvalue weighted by Gasteiger charge is 2.26. The van der Waals surface area contributed by atoms with Crippen LogP contribution in [0.15, 0.2) is 18.3 Å². The molecule has 0 radical (unpaired) electrons. The summed E-state index contributed by atoms with van der Waals surface area (Å²) in [7, 11) is 0. The third kappa shape index (κ3) is 2.67. The van der Waals surface area contributed by atoms with Gasteiger partial charge in [0.2, 0.25) is 11.8 Å². The van der Waals surface area contributed by atoms with Crippen LogP contribution in [0.2, 0.25) is 0 Å². The van der Waals surface area contributed by atoms with Crippen LogP contribution in [0.3, 0.4) is 0 Å². The number of aromatic nitrogens is 1. The number of thioether (sulfide) groups is 1. The molecule has 0 saturated carbocycles. The van der Waals surface area contributed by atoms with E-state index in [1.54, 1.807) is 6.07 Å². The molecule has 0 aromatic carbocycles. The minimum Gasteiger partial charge on any atom is -0.477 e. The number of rotatable bonds is 3. The van der Waals surface area contributed by atoms with Crippen molar-refractivity contribution in [1.82, 2.24) is 9.88 Å². The van der Waals surface area contributed by atoms with Crippen LogP contribution < -0.4 is 0 Å². The van der Waals surface area contributed by atoms with Gasteiger partial charge in [0.05, 0.1) is 18.1 Å². The second-order valence-electron chi connectivity index (χ2n) is 3.72. The number of carboxylic acids is 1. The summed E-state index contributed by atoms with van der Waals surface area (Å²) in [4.78, 5) is 38.6. The molecule has 0 atom stereocenters. The Morgan fingerprint density at radius 1 is 1.33 bits per heavy atom. The number of aromatic carboxylic acids is 1. The molecule has 0 spiro atoms. The van der Waals surface area contributed by atoms with Crippen LogP contribution in [0.5, 0.6) is 0 Å². The fraction of sp³-hybridized carbons (Fsp3) is 0.273. The zero-order valence-corrected chi connectivity index (χ0v) is 10.1. The van der Waals surface area contributed by atoms with Gasteiger partial charge in [0.25, 0.3) is 0 Å². The first-order valence-corrected chi connectivity index (χ1v) is 6.32. The molecule has 1 aromatic rings. The van der Waals surface area contributed by atoms with Gasteiger partial charge in [-0.25, -0.2) is 9.78 Å².